The van der Waals surface area contributed by atoms with Crippen molar-refractivity contribution < 1.29 is 13.6 Å². The molecule has 0 radical (unpaired) electrons. The zero-order valence-corrected chi connectivity index (χ0v) is 32.8. The van der Waals surface area contributed by atoms with Crippen LogP contribution in [0.1, 0.15) is 88.0 Å². The fourth-order valence-electron chi connectivity index (χ4n) is 3.79. The van der Waals surface area contributed by atoms with Gasteiger partial charge in [0.05, 0.1) is 16.3 Å². The van der Waals surface area contributed by atoms with Crippen LogP contribution in [0.5, 0.6) is 0 Å². The largest absolute Gasteiger partial charge is 0.289 e. The van der Waals surface area contributed by atoms with Crippen molar-refractivity contribution in [3.8, 4) is 25.2 Å². The Kier molecular flexibility index (Phi) is 33.1. The lowest BCUT2D eigenvalue weighted by atomic mass is 10.0. The SMILES string of the molecule is C#C.C#CC.C=C/C=C(\C)C(=O)C1=CC=C(S/C(=C/C=C(\C)[S+](C/C=C\C(F)=C/CC)c2ccc(F)cc2)CC)C(Cl)CC1.CC.CC. The third-order valence-corrected chi connectivity index (χ3v) is 10.2. The van der Waals surface area contributed by atoms with Gasteiger partial charge in [-0.2, -0.15) is 0 Å². The summed E-state index contributed by atoms with van der Waals surface area (Å²) in [4.78, 5) is 17.0. The molecule has 262 valence electrons. The zero-order valence-electron chi connectivity index (χ0n) is 30.4. The van der Waals surface area contributed by atoms with E-state index >= 15 is 0 Å². The van der Waals surface area contributed by atoms with Crippen LogP contribution < -0.4 is 0 Å². The third-order valence-electron chi connectivity index (χ3n) is 5.97. The van der Waals surface area contributed by atoms with Crippen LogP contribution in [-0.4, -0.2) is 16.9 Å². The Morgan fingerprint density at radius 1 is 1.08 bits per heavy atom. The van der Waals surface area contributed by atoms with Gasteiger partial charge in [0.25, 0.3) is 0 Å². The average Bonchev–Trinajstić information content (AvgIpc) is 3.29. The number of Topliss-reactive ketones (excluding diaryl/α,β-unsaturated/α-hetero) is 1. The number of rotatable bonds is 13. The number of alkyl halides is 1. The number of ketones is 1. The van der Waals surface area contributed by atoms with Crippen LogP contribution in [-0.2, 0) is 15.7 Å². The molecular weight excluding hydrogens is 658 g/mol. The first kappa shape index (κ1) is 49.2. The van der Waals surface area contributed by atoms with E-state index in [1.165, 1.54) is 18.2 Å². The van der Waals surface area contributed by atoms with Crippen molar-refractivity contribution in [1.82, 2.24) is 0 Å². The van der Waals surface area contributed by atoms with Crippen LogP contribution >= 0.6 is 23.4 Å². The minimum atomic E-state index is -0.353. The van der Waals surface area contributed by atoms with Crippen LogP contribution in [0.15, 0.2) is 122 Å². The summed E-state index contributed by atoms with van der Waals surface area (Å²) in [6.07, 6.45) is 31.7. The van der Waals surface area contributed by atoms with Crippen LogP contribution in [0.2, 0.25) is 0 Å². The highest BCUT2D eigenvalue weighted by molar-refractivity contribution is 8.06. The first-order valence-electron chi connectivity index (χ1n) is 16.2. The molecule has 0 bridgehead atoms. The molecule has 2 unspecified atom stereocenters. The molecule has 0 spiro atoms. The molecular formula is C42H56ClF2OS2+. The number of hydrogen-bond donors (Lipinski definition) is 0. The van der Waals surface area contributed by atoms with Crippen molar-refractivity contribution in [2.45, 2.75) is 98.3 Å². The summed E-state index contributed by atoms with van der Waals surface area (Å²) in [5.41, 5.74) is 1.42. The van der Waals surface area contributed by atoms with Crippen molar-refractivity contribution in [3.63, 3.8) is 0 Å². The number of carbonyl (C=O) groups is 1. The van der Waals surface area contributed by atoms with E-state index in [0.717, 1.165) is 31.6 Å². The van der Waals surface area contributed by atoms with E-state index in [0.29, 0.717) is 30.6 Å². The topological polar surface area (TPSA) is 17.1 Å². The molecule has 0 fully saturated rings. The maximum Gasteiger partial charge on any atom is 0.184 e. The quantitative estimate of drug-likeness (QED) is 0.0665. The maximum absolute atomic E-state index is 13.9. The van der Waals surface area contributed by atoms with Crippen LogP contribution in [0, 0.1) is 31.0 Å². The maximum atomic E-state index is 13.9. The Hall–Kier alpha value is -3.22. The van der Waals surface area contributed by atoms with Gasteiger partial charge < -0.3 is 0 Å². The lowest BCUT2D eigenvalue weighted by molar-refractivity contribution is -0.112. The first-order valence-corrected chi connectivity index (χ1v) is 18.9. The van der Waals surface area contributed by atoms with E-state index in [1.54, 1.807) is 56.0 Å². The Morgan fingerprint density at radius 3 is 2.19 bits per heavy atom. The lowest BCUT2D eigenvalue weighted by Gasteiger charge is -2.13. The number of benzene rings is 1. The molecule has 0 amide bonds. The normalized spacial score (nSPS) is 15.5. The predicted octanol–water partition coefficient (Wildman–Crippen LogP) is 13.4. The second kappa shape index (κ2) is 32.3. The number of thioether (sulfide) groups is 1. The summed E-state index contributed by atoms with van der Waals surface area (Å²) in [5.74, 6) is 2.37. The van der Waals surface area contributed by atoms with E-state index in [-0.39, 0.29) is 33.7 Å². The summed E-state index contributed by atoms with van der Waals surface area (Å²) in [6.45, 7) is 21.2. The molecule has 0 saturated heterocycles. The van der Waals surface area contributed by atoms with Crippen molar-refractivity contribution in [1.29, 1.82) is 0 Å². The molecule has 0 aliphatic heterocycles. The number of hydrogen-bond acceptors (Lipinski definition) is 2. The Labute approximate surface area is 304 Å². The van der Waals surface area contributed by atoms with E-state index in [4.69, 9.17) is 11.6 Å². The van der Waals surface area contributed by atoms with Gasteiger partial charge in [0.1, 0.15) is 22.3 Å². The molecule has 1 nitrogen and oxygen atoms in total. The van der Waals surface area contributed by atoms with E-state index < -0.39 is 0 Å². The molecule has 1 aromatic carbocycles. The van der Waals surface area contributed by atoms with Gasteiger partial charge in [-0.3, -0.25) is 4.79 Å². The van der Waals surface area contributed by atoms with Gasteiger partial charge in [-0.15, -0.1) is 36.8 Å². The molecule has 0 heterocycles. The van der Waals surface area contributed by atoms with Gasteiger partial charge in [-0.1, -0.05) is 84.2 Å². The van der Waals surface area contributed by atoms with Crippen molar-refractivity contribution in [2.75, 3.05) is 5.75 Å². The first-order chi connectivity index (χ1) is 23.1. The van der Waals surface area contributed by atoms with Crippen molar-refractivity contribution in [2.24, 2.45) is 0 Å². The second-order valence-electron chi connectivity index (χ2n) is 9.25. The zero-order chi connectivity index (χ0) is 37.5. The predicted molar refractivity (Wildman–Crippen MR) is 216 cm³/mol. The Bertz CT molecular complexity index is 1350. The van der Waals surface area contributed by atoms with Gasteiger partial charge in [0.2, 0.25) is 0 Å². The fraction of sp³-hybridized carbons (Fsp3) is 0.357. The standard InChI is InChI=1S/C33H38ClF2OS2.C3H4.2C2H6.C2H2/c1-6-10-24(4)33(37)26-14-21-31(34)32(22-15-26)38-29(8-3)18-13-25(5)39(23-9-12-27(35)11-7-2)30-19-16-28(36)17-20-30;1-3-2;3*1-2/h6,9-13,15-20,22,31H,1,7-8,14,21,23H2,2-5H3;1H,2H3;2*1-2H3;1-2H/q+1;;;;/b12-9-,24-10+,25-13+,27-11+,29-18+;;;;. The van der Waals surface area contributed by atoms with Gasteiger partial charge in [0.15, 0.2) is 10.7 Å². The molecule has 0 saturated carbocycles. The molecule has 1 aliphatic carbocycles. The third kappa shape index (κ3) is 20.9. The number of carbonyl (C=O) groups excluding carboxylic acids is 1. The summed E-state index contributed by atoms with van der Waals surface area (Å²) in [6, 6.07) is 6.53. The molecule has 2 rings (SSSR count). The molecule has 48 heavy (non-hydrogen) atoms. The summed E-state index contributed by atoms with van der Waals surface area (Å²) in [5, 5.41) is -0.176. The second-order valence-corrected chi connectivity index (χ2v) is 13.2. The Balaban J connectivity index is -0.00000205. The fourth-order valence-corrected chi connectivity index (χ4v) is 6.88. The molecule has 0 aromatic heterocycles. The molecule has 1 aliphatic rings. The Morgan fingerprint density at radius 2 is 1.67 bits per heavy atom. The smallest absolute Gasteiger partial charge is 0.184 e. The van der Waals surface area contributed by atoms with Crippen LogP contribution in [0.4, 0.5) is 8.78 Å². The summed E-state index contributed by atoms with van der Waals surface area (Å²) in [7, 11) is -0.353. The van der Waals surface area contributed by atoms with Crippen molar-refractivity contribution in [3.05, 3.63) is 123 Å². The molecule has 2 atom stereocenters. The van der Waals surface area contributed by atoms with Gasteiger partial charge in [0, 0.05) is 11.8 Å². The summed E-state index contributed by atoms with van der Waals surface area (Å²) < 4.78 is 27.5. The molecule has 6 heteroatoms. The van der Waals surface area contributed by atoms with E-state index in [1.807, 2.05) is 52.8 Å². The number of terminal acetylenes is 2. The minimum absolute atomic E-state index is 0.0259. The average molecular weight is 714 g/mol. The van der Waals surface area contributed by atoms with Gasteiger partial charge in [-0.05, 0) is 110 Å². The van der Waals surface area contributed by atoms with Crippen LogP contribution in [0.3, 0.4) is 0 Å². The highest BCUT2D eigenvalue weighted by Gasteiger charge is 2.24. The van der Waals surface area contributed by atoms with Crippen molar-refractivity contribution >= 4 is 40.0 Å². The number of halogens is 3. The highest BCUT2D eigenvalue weighted by Crippen LogP contribution is 2.37. The molecule has 1 aromatic rings. The van der Waals surface area contributed by atoms with E-state index in [2.05, 4.69) is 57.8 Å². The lowest BCUT2D eigenvalue weighted by Crippen LogP contribution is -2.08. The van der Waals surface area contributed by atoms with Gasteiger partial charge >= 0.3 is 0 Å². The summed E-state index contributed by atoms with van der Waals surface area (Å²) >= 11 is 8.37. The monoisotopic (exact) mass is 713 g/mol. The minimum Gasteiger partial charge on any atom is -0.289 e. The highest BCUT2D eigenvalue weighted by atomic mass is 35.5. The van der Waals surface area contributed by atoms with E-state index in [9.17, 15) is 13.6 Å². The van der Waals surface area contributed by atoms with Crippen LogP contribution in [0.25, 0.3) is 0 Å². The number of allylic oxidation sites excluding steroid dienone is 14. The van der Waals surface area contributed by atoms with Gasteiger partial charge in [-0.25, -0.2) is 8.78 Å². The molecule has 0 N–H and O–H groups in total.